The Morgan fingerprint density at radius 3 is 2.57 bits per heavy atom. The van der Waals surface area contributed by atoms with E-state index in [0.717, 1.165) is 5.75 Å². The van der Waals surface area contributed by atoms with Crippen molar-refractivity contribution in [2.45, 2.75) is 24.9 Å². The Bertz CT molecular complexity index is 628. The summed E-state index contributed by atoms with van der Waals surface area (Å²) in [5, 5.41) is 2.74. The molecule has 4 heteroatoms. The molecular weight excluding hydrogens is 280 g/mol. The Morgan fingerprint density at radius 1 is 1.19 bits per heavy atom. The summed E-state index contributed by atoms with van der Waals surface area (Å²) in [4.78, 5) is 12.2. The highest BCUT2D eigenvalue weighted by molar-refractivity contribution is 7.99. The number of hydrogen-bond acceptors (Lipinski definition) is 3. The minimum Gasteiger partial charge on any atom is -0.397 e. The highest BCUT2D eigenvalue weighted by Crippen LogP contribution is 2.23. The van der Waals surface area contributed by atoms with E-state index in [0.29, 0.717) is 11.4 Å². The molecule has 2 rings (SSSR count). The van der Waals surface area contributed by atoms with Crippen molar-refractivity contribution < 1.29 is 4.79 Å². The Balaban J connectivity index is 1.91. The highest BCUT2D eigenvalue weighted by Gasteiger charge is 2.14. The minimum absolute atomic E-state index is 0.0218. The van der Waals surface area contributed by atoms with Gasteiger partial charge < -0.3 is 11.1 Å². The summed E-state index contributed by atoms with van der Waals surface area (Å²) in [5.74, 6) is 0.803. The molecular formula is C17H20N2OS. The van der Waals surface area contributed by atoms with Crippen molar-refractivity contribution in [1.82, 2.24) is 0 Å². The van der Waals surface area contributed by atoms with E-state index < -0.39 is 0 Å². The molecule has 0 aromatic heterocycles. The van der Waals surface area contributed by atoms with Crippen LogP contribution >= 0.6 is 11.8 Å². The monoisotopic (exact) mass is 300 g/mol. The van der Waals surface area contributed by atoms with Gasteiger partial charge >= 0.3 is 0 Å². The lowest BCUT2D eigenvalue weighted by atomic mass is 10.1. The first-order chi connectivity index (χ1) is 10.1. The molecule has 0 aliphatic heterocycles. The molecule has 0 aliphatic carbocycles. The van der Waals surface area contributed by atoms with E-state index in [1.165, 1.54) is 11.1 Å². The second-order valence-corrected chi connectivity index (χ2v) is 6.29. The molecule has 3 N–H and O–H groups in total. The summed E-state index contributed by atoms with van der Waals surface area (Å²) in [6.07, 6.45) is 0. The number of carbonyl (C=O) groups is 1. The summed E-state index contributed by atoms with van der Waals surface area (Å²) in [6, 6.07) is 15.5. The number of benzene rings is 2. The number of nitrogen functional groups attached to an aromatic ring is 1. The van der Waals surface area contributed by atoms with Crippen LogP contribution in [0, 0.1) is 6.92 Å². The van der Waals surface area contributed by atoms with E-state index in [9.17, 15) is 4.79 Å². The quantitative estimate of drug-likeness (QED) is 0.825. The number of amides is 1. The molecule has 110 valence electrons. The fourth-order valence-electron chi connectivity index (χ4n) is 1.91. The second kappa shape index (κ2) is 7.18. The summed E-state index contributed by atoms with van der Waals surface area (Å²) in [5.41, 5.74) is 9.61. The molecule has 0 spiro atoms. The van der Waals surface area contributed by atoms with Crippen LogP contribution in [0.15, 0.2) is 48.5 Å². The smallest absolute Gasteiger partial charge is 0.237 e. The van der Waals surface area contributed by atoms with Crippen LogP contribution in [0.2, 0.25) is 0 Å². The van der Waals surface area contributed by atoms with Crippen molar-refractivity contribution in [3.05, 3.63) is 59.7 Å². The lowest BCUT2D eigenvalue weighted by Gasteiger charge is -2.14. The second-order valence-electron chi connectivity index (χ2n) is 4.96. The molecule has 0 bridgehead atoms. The van der Waals surface area contributed by atoms with Crippen molar-refractivity contribution in [3.8, 4) is 0 Å². The largest absolute Gasteiger partial charge is 0.397 e. The molecule has 1 atom stereocenters. The molecule has 2 aromatic carbocycles. The van der Waals surface area contributed by atoms with E-state index in [1.54, 1.807) is 17.8 Å². The number of nitrogens with one attached hydrogen (secondary N) is 1. The van der Waals surface area contributed by atoms with E-state index in [-0.39, 0.29) is 11.2 Å². The molecule has 2 aromatic rings. The van der Waals surface area contributed by atoms with Crippen molar-refractivity contribution >= 4 is 29.0 Å². The van der Waals surface area contributed by atoms with Crippen LogP contribution in [0.5, 0.6) is 0 Å². The Kier molecular flexibility index (Phi) is 5.28. The van der Waals surface area contributed by atoms with Gasteiger partial charge in [-0.3, -0.25) is 4.79 Å². The van der Waals surface area contributed by atoms with Crippen molar-refractivity contribution in [2.24, 2.45) is 0 Å². The van der Waals surface area contributed by atoms with Crippen molar-refractivity contribution in [2.75, 3.05) is 11.1 Å². The number of anilines is 2. The highest BCUT2D eigenvalue weighted by atomic mass is 32.2. The number of hydrogen-bond donors (Lipinski definition) is 2. The van der Waals surface area contributed by atoms with Gasteiger partial charge in [0.2, 0.25) is 5.91 Å². The topological polar surface area (TPSA) is 55.1 Å². The number of nitrogens with two attached hydrogens (primary N) is 1. The average molecular weight is 300 g/mol. The molecule has 1 amide bonds. The van der Waals surface area contributed by atoms with E-state index in [1.807, 2.05) is 37.3 Å². The maximum Gasteiger partial charge on any atom is 0.237 e. The Morgan fingerprint density at radius 2 is 1.86 bits per heavy atom. The van der Waals surface area contributed by atoms with Crippen LogP contribution in [-0.2, 0) is 10.5 Å². The van der Waals surface area contributed by atoms with Crippen LogP contribution in [0.4, 0.5) is 11.4 Å². The first-order valence-electron chi connectivity index (χ1n) is 6.89. The van der Waals surface area contributed by atoms with Crippen LogP contribution < -0.4 is 11.1 Å². The SMILES string of the molecule is Cc1ccccc1CSC(C)C(=O)Nc1ccccc1N. The standard InChI is InChI=1S/C17H20N2OS/c1-12-7-3-4-8-14(12)11-21-13(2)17(20)19-16-10-6-5-9-15(16)18/h3-10,13H,11,18H2,1-2H3,(H,19,20). The maximum absolute atomic E-state index is 12.2. The van der Waals surface area contributed by atoms with Gasteiger partial charge in [0.25, 0.3) is 0 Å². The summed E-state index contributed by atoms with van der Waals surface area (Å²) in [7, 11) is 0. The lowest BCUT2D eigenvalue weighted by molar-refractivity contribution is -0.115. The molecule has 3 nitrogen and oxygen atoms in total. The van der Waals surface area contributed by atoms with Gasteiger partial charge in [-0.15, -0.1) is 11.8 Å². The number of aryl methyl sites for hydroxylation is 1. The third-order valence-corrected chi connectivity index (χ3v) is 4.53. The summed E-state index contributed by atoms with van der Waals surface area (Å²) < 4.78 is 0. The van der Waals surface area contributed by atoms with Gasteiger partial charge in [-0.25, -0.2) is 0 Å². The maximum atomic E-state index is 12.2. The van der Waals surface area contributed by atoms with Crippen LogP contribution in [0.25, 0.3) is 0 Å². The molecule has 0 heterocycles. The third-order valence-electron chi connectivity index (χ3n) is 3.34. The van der Waals surface area contributed by atoms with Crippen molar-refractivity contribution in [1.29, 1.82) is 0 Å². The van der Waals surface area contributed by atoms with Crippen LogP contribution in [-0.4, -0.2) is 11.2 Å². The molecule has 21 heavy (non-hydrogen) atoms. The Labute approximate surface area is 129 Å². The van der Waals surface area contributed by atoms with Gasteiger partial charge in [-0.05, 0) is 37.1 Å². The van der Waals surface area contributed by atoms with Crippen LogP contribution in [0.1, 0.15) is 18.1 Å². The molecule has 0 radical (unpaired) electrons. The summed E-state index contributed by atoms with van der Waals surface area (Å²) >= 11 is 1.62. The molecule has 1 unspecified atom stereocenters. The molecule has 0 fully saturated rings. The zero-order valence-corrected chi connectivity index (χ0v) is 13.1. The first-order valence-corrected chi connectivity index (χ1v) is 7.94. The molecule has 0 saturated heterocycles. The van der Waals surface area contributed by atoms with Gasteiger partial charge in [-0.1, -0.05) is 36.4 Å². The molecule has 0 saturated carbocycles. The fraction of sp³-hybridized carbons (Fsp3) is 0.235. The zero-order valence-electron chi connectivity index (χ0n) is 12.3. The van der Waals surface area contributed by atoms with E-state index in [2.05, 4.69) is 24.4 Å². The number of rotatable bonds is 5. The van der Waals surface area contributed by atoms with E-state index >= 15 is 0 Å². The van der Waals surface area contributed by atoms with E-state index in [4.69, 9.17) is 5.73 Å². The molecule has 0 aliphatic rings. The number of thioether (sulfide) groups is 1. The van der Waals surface area contributed by atoms with Gasteiger partial charge in [0.05, 0.1) is 16.6 Å². The zero-order chi connectivity index (χ0) is 15.2. The summed E-state index contributed by atoms with van der Waals surface area (Å²) in [6.45, 7) is 4.00. The van der Waals surface area contributed by atoms with Gasteiger partial charge in [-0.2, -0.15) is 0 Å². The third kappa shape index (κ3) is 4.26. The predicted molar refractivity (Wildman–Crippen MR) is 91.4 cm³/mol. The van der Waals surface area contributed by atoms with Gasteiger partial charge in [0.15, 0.2) is 0 Å². The fourth-order valence-corrected chi connectivity index (χ4v) is 2.87. The lowest BCUT2D eigenvalue weighted by Crippen LogP contribution is -2.23. The number of para-hydroxylation sites is 2. The average Bonchev–Trinajstić information content (AvgIpc) is 2.48. The van der Waals surface area contributed by atoms with Crippen LogP contribution in [0.3, 0.4) is 0 Å². The van der Waals surface area contributed by atoms with Gasteiger partial charge in [0.1, 0.15) is 0 Å². The minimum atomic E-state index is -0.135. The van der Waals surface area contributed by atoms with Gasteiger partial charge in [0, 0.05) is 5.75 Å². The first kappa shape index (κ1) is 15.4. The predicted octanol–water partition coefficient (Wildman–Crippen LogP) is 3.84. The normalized spacial score (nSPS) is 11.9. The van der Waals surface area contributed by atoms with Crippen molar-refractivity contribution in [3.63, 3.8) is 0 Å². The number of carbonyl (C=O) groups excluding carboxylic acids is 1. The Hall–Kier alpha value is -1.94.